The van der Waals surface area contributed by atoms with E-state index in [-0.39, 0.29) is 10.7 Å². The van der Waals surface area contributed by atoms with Gasteiger partial charge in [0.1, 0.15) is 11.1 Å². The first-order valence-corrected chi connectivity index (χ1v) is 7.06. The Hall–Kier alpha value is -2.66. The van der Waals surface area contributed by atoms with Crippen LogP contribution in [0.4, 0.5) is 0 Å². The highest BCUT2D eigenvalue weighted by Gasteiger charge is 2.08. The molecule has 0 saturated carbocycles. The molecular weight excluding hydrogens is 302 g/mol. The molecular formula is C16H10ClN3O2. The Kier molecular flexibility index (Phi) is 2.94. The van der Waals surface area contributed by atoms with E-state index in [2.05, 4.69) is 9.97 Å². The number of nitrogens with zero attached hydrogens (tertiary/aromatic N) is 3. The maximum Gasteiger partial charge on any atom is 0.261 e. The predicted octanol–water partition coefficient (Wildman–Crippen LogP) is 3.24. The highest BCUT2D eigenvalue weighted by atomic mass is 35.5. The molecule has 0 saturated heterocycles. The van der Waals surface area contributed by atoms with Crippen molar-refractivity contribution in [1.82, 2.24) is 14.5 Å². The lowest BCUT2D eigenvalue weighted by atomic mass is 10.1. The Balaban J connectivity index is 1.81. The van der Waals surface area contributed by atoms with Gasteiger partial charge in [0.2, 0.25) is 0 Å². The van der Waals surface area contributed by atoms with E-state index in [0.717, 1.165) is 16.5 Å². The van der Waals surface area contributed by atoms with Gasteiger partial charge in [-0.1, -0.05) is 17.7 Å². The van der Waals surface area contributed by atoms with E-state index >= 15 is 0 Å². The second kappa shape index (κ2) is 4.96. The quantitative estimate of drug-likeness (QED) is 0.533. The first-order chi connectivity index (χ1) is 10.7. The van der Waals surface area contributed by atoms with E-state index in [4.69, 9.17) is 16.0 Å². The fourth-order valence-electron chi connectivity index (χ4n) is 2.48. The van der Waals surface area contributed by atoms with Crippen LogP contribution in [0.3, 0.4) is 0 Å². The van der Waals surface area contributed by atoms with E-state index in [0.29, 0.717) is 17.4 Å². The molecule has 3 aromatic heterocycles. The maximum absolute atomic E-state index is 12.5. The van der Waals surface area contributed by atoms with Crippen LogP contribution in [-0.4, -0.2) is 14.5 Å². The molecule has 0 radical (unpaired) electrons. The molecule has 3 heterocycles. The Labute approximate surface area is 129 Å². The molecule has 4 rings (SSSR count). The van der Waals surface area contributed by atoms with Crippen molar-refractivity contribution in [3.63, 3.8) is 0 Å². The lowest BCUT2D eigenvalue weighted by molar-refractivity contribution is 0.615. The van der Waals surface area contributed by atoms with Crippen molar-refractivity contribution in [2.75, 3.05) is 0 Å². The van der Waals surface area contributed by atoms with Crippen LogP contribution >= 0.6 is 11.6 Å². The van der Waals surface area contributed by atoms with Gasteiger partial charge in [-0.05, 0) is 29.8 Å². The van der Waals surface area contributed by atoms with Gasteiger partial charge in [0, 0.05) is 11.6 Å². The molecule has 4 aromatic rings. The van der Waals surface area contributed by atoms with Crippen molar-refractivity contribution in [2.45, 2.75) is 6.54 Å². The average molecular weight is 312 g/mol. The van der Waals surface area contributed by atoms with Crippen LogP contribution in [0.15, 0.2) is 58.3 Å². The summed E-state index contributed by atoms with van der Waals surface area (Å²) >= 11 is 5.96. The molecule has 5 nitrogen and oxygen atoms in total. The maximum atomic E-state index is 12.5. The number of halogens is 1. The van der Waals surface area contributed by atoms with Crippen LogP contribution < -0.4 is 5.56 Å². The number of fused-ring (bicyclic) bond motifs is 2. The van der Waals surface area contributed by atoms with Crippen LogP contribution in [0, 0.1) is 0 Å². The number of furan rings is 1. The Morgan fingerprint density at radius 3 is 3.00 bits per heavy atom. The van der Waals surface area contributed by atoms with E-state index in [9.17, 15) is 4.79 Å². The van der Waals surface area contributed by atoms with Crippen molar-refractivity contribution >= 4 is 33.5 Å². The summed E-state index contributed by atoms with van der Waals surface area (Å²) in [5, 5.41) is 1.71. The van der Waals surface area contributed by atoms with Crippen molar-refractivity contribution < 1.29 is 4.42 Å². The Morgan fingerprint density at radius 1 is 1.18 bits per heavy atom. The topological polar surface area (TPSA) is 60.9 Å². The van der Waals surface area contributed by atoms with E-state index in [1.165, 1.54) is 12.5 Å². The fraction of sp³-hybridized carbons (Fsp3) is 0.0625. The molecule has 0 atom stereocenters. The van der Waals surface area contributed by atoms with E-state index < -0.39 is 0 Å². The standard InChI is InChI=1S/C16H10ClN3O2/c17-15-14-12(3-5-18-15)16(21)20(9-19-14)8-10-1-2-13-11(7-10)4-6-22-13/h1-7,9H,8H2. The van der Waals surface area contributed by atoms with Crippen molar-refractivity contribution in [1.29, 1.82) is 0 Å². The molecule has 0 aliphatic carbocycles. The summed E-state index contributed by atoms with van der Waals surface area (Å²) in [6, 6.07) is 9.35. The number of hydrogen-bond donors (Lipinski definition) is 0. The van der Waals surface area contributed by atoms with Gasteiger partial charge in [-0.2, -0.15) is 0 Å². The summed E-state index contributed by atoms with van der Waals surface area (Å²) in [5.74, 6) is 0. The van der Waals surface area contributed by atoms with Gasteiger partial charge in [0.15, 0.2) is 5.15 Å². The number of hydrogen-bond acceptors (Lipinski definition) is 4. The van der Waals surface area contributed by atoms with Gasteiger partial charge < -0.3 is 4.42 Å². The molecule has 1 aromatic carbocycles. The van der Waals surface area contributed by atoms with Crippen LogP contribution in [0.1, 0.15) is 5.56 Å². The minimum atomic E-state index is -0.137. The number of rotatable bonds is 2. The summed E-state index contributed by atoms with van der Waals surface area (Å²) < 4.78 is 6.87. The van der Waals surface area contributed by atoms with Crippen LogP contribution in [0.25, 0.3) is 21.9 Å². The fourth-order valence-corrected chi connectivity index (χ4v) is 2.69. The lowest BCUT2D eigenvalue weighted by Gasteiger charge is -2.07. The summed E-state index contributed by atoms with van der Waals surface area (Å²) in [4.78, 5) is 20.7. The highest BCUT2D eigenvalue weighted by Crippen LogP contribution is 2.18. The molecule has 22 heavy (non-hydrogen) atoms. The molecule has 0 N–H and O–H groups in total. The van der Waals surface area contributed by atoms with Gasteiger partial charge >= 0.3 is 0 Å². The summed E-state index contributed by atoms with van der Waals surface area (Å²) in [6.45, 7) is 0.433. The second-order valence-electron chi connectivity index (χ2n) is 4.97. The molecule has 6 heteroatoms. The zero-order valence-corrected chi connectivity index (χ0v) is 12.1. The van der Waals surface area contributed by atoms with Crippen LogP contribution in [0.2, 0.25) is 5.15 Å². The predicted molar refractivity (Wildman–Crippen MR) is 84.1 cm³/mol. The highest BCUT2D eigenvalue weighted by molar-refractivity contribution is 6.33. The molecule has 0 aliphatic rings. The van der Waals surface area contributed by atoms with Crippen molar-refractivity contribution in [2.24, 2.45) is 0 Å². The largest absolute Gasteiger partial charge is 0.464 e. The normalized spacial score (nSPS) is 11.3. The monoisotopic (exact) mass is 311 g/mol. The first-order valence-electron chi connectivity index (χ1n) is 6.68. The SMILES string of the molecule is O=c1c2ccnc(Cl)c2ncn1Cc1ccc2occc2c1. The third-order valence-corrected chi connectivity index (χ3v) is 3.84. The molecule has 0 amide bonds. The minimum Gasteiger partial charge on any atom is -0.464 e. The molecule has 108 valence electrons. The van der Waals surface area contributed by atoms with Crippen molar-refractivity contribution in [3.05, 3.63) is 70.2 Å². The smallest absolute Gasteiger partial charge is 0.261 e. The molecule has 0 spiro atoms. The molecule has 0 bridgehead atoms. The van der Waals surface area contributed by atoms with Gasteiger partial charge in [0.25, 0.3) is 5.56 Å². The summed E-state index contributed by atoms with van der Waals surface area (Å²) in [6.07, 6.45) is 4.65. The molecule has 0 aliphatic heterocycles. The Morgan fingerprint density at radius 2 is 2.09 bits per heavy atom. The minimum absolute atomic E-state index is 0.137. The van der Waals surface area contributed by atoms with Crippen LogP contribution in [0.5, 0.6) is 0 Å². The Bertz CT molecular complexity index is 1050. The third kappa shape index (κ3) is 2.07. The van der Waals surface area contributed by atoms with Gasteiger partial charge in [-0.25, -0.2) is 9.97 Å². The van der Waals surface area contributed by atoms with Crippen LogP contribution in [-0.2, 0) is 6.54 Å². The van der Waals surface area contributed by atoms with Gasteiger partial charge in [-0.15, -0.1) is 0 Å². The number of pyridine rings is 1. The first kappa shape index (κ1) is 13.0. The van der Waals surface area contributed by atoms with Crippen molar-refractivity contribution in [3.8, 4) is 0 Å². The third-order valence-electron chi connectivity index (χ3n) is 3.57. The number of aromatic nitrogens is 3. The number of benzene rings is 1. The molecule has 0 unspecified atom stereocenters. The van der Waals surface area contributed by atoms with E-state index in [1.807, 2.05) is 24.3 Å². The zero-order chi connectivity index (χ0) is 15.1. The lowest BCUT2D eigenvalue weighted by Crippen LogP contribution is -2.21. The average Bonchev–Trinajstić information content (AvgIpc) is 2.98. The second-order valence-corrected chi connectivity index (χ2v) is 5.33. The van der Waals surface area contributed by atoms with Gasteiger partial charge in [-0.3, -0.25) is 9.36 Å². The summed E-state index contributed by atoms with van der Waals surface area (Å²) in [5.41, 5.74) is 2.11. The van der Waals surface area contributed by atoms with E-state index in [1.54, 1.807) is 16.9 Å². The zero-order valence-electron chi connectivity index (χ0n) is 11.4. The molecule has 0 fully saturated rings. The summed E-state index contributed by atoms with van der Waals surface area (Å²) in [7, 11) is 0. The van der Waals surface area contributed by atoms with Gasteiger partial charge in [0.05, 0.1) is 24.5 Å².